The molecule has 0 aromatic rings. The monoisotopic (exact) mass is 191 g/mol. The standard InChI is InChI=1S/C11H17N3/c1-4-11(9-13-5-2)8-10(3)6-7-14-12/h4,6-9,12H,5H2,1-3H3/b7-6-,10-8-,11-4-,13-9-,14-12?. The van der Waals surface area contributed by atoms with Crippen LogP contribution in [0.2, 0.25) is 0 Å². The molecule has 0 fully saturated rings. The lowest BCUT2D eigenvalue weighted by Gasteiger charge is -1.94. The summed E-state index contributed by atoms with van der Waals surface area (Å²) in [5, 5.41) is 3.15. The number of allylic oxidation sites excluding steroid dienone is 5. The smallest absolute Gasteiger partial charge is 0.0491 e. The van der Waals surface area contributed by atoms with Gasteiger partial charge < -0.3 is 0 Å². The fourth-order valence-electron chi connectivity index (χ4n) is 0.858. The highest BCUT2D eigenvalue weighted by Crippen LogP contribution is 2.02. The molecule has 0 aliphatic rings. The van der Waals surface area contributed by atoms with Gasteiger partial charge in [0.1, 0.15) is 0 Å². The van der Waals surface area contributed by atoms with Gasteiger partial charge in [0.25, 0.3) is 0 Å². The Kier molecular flexibility index (Phi) is 7.23. The Morgan fingerprint density at radius 2 is 2.14 bits per heavy atom. The van der Waals surface area contributed by atoms with E-state index >= 15 is 0 Å². The fourth-order valence-corrected chi connectivity index (χ4v) is 0.858. The molecule has 76 valence electrons. The molecule has 3 nitrogen and oxygen atoms in total. The zero-order valence-electron chi connectivity index (χ0n) is 8.99. The van der Waals surface area contributed by atoms with Crippen LogP contribution in [0.4, 0.5) is 0 Å². The van der Waals surface area contributed by atoms with Crippen molar-refractivity contribution in [2.45, 2.75) is 20.8 Å². The van der Waals surface area contributed by atoms with Crippen molar-refractivity contribution in [1.29, 1.82) is 5.53 Å². The second-order valence-corrected chi connectivity index (χ2v) is 2.75. The van der Waals surface area contributed by atoms with Gasteiger partial charge >= 0.3 is 0 Å². The normalized spacial score (nSPS) is 14.2. The molecule has 0 aliphatic heterocycles. The van der Waals surface area contributed by atoms with Crippen molar-refractivity contribution >= 4 is 6.21 Å². The van der Waals surface area contributed by atoms with Crippen LogP contribution in [0.25, 0.3) is 0 Å². The lowest BCUT2D eigenvalue weighted by molar-refractivity contribution is 1.14. The second-order valence-electron chi connectivity index (χ2n) is 2.75. The minimum Gasteiger partial charge on any atom is -0.293 e. The highest BCUT2D eigenvalue weighted by Gasteiger charge is 1.86. The van der Waals surface area contributed by atoms with Gasteiger partial charge in [0.2, 0.25) is 0 Å². The van der Waals surface area contributed by atoms with Crippen molar-refractivity contribution < 1.29 is 0 Å². The molecule has 0 aromatic carbocycles. The fraction of sp³-hybridized carbons (Fsp3) is 0.364. The van der Waals surface area contributed by atoms with E-state index in [2.05, 4.69) is 10.1 Å². The number of hydrogen-bond donors (Lipinski definition) is 1. The third-order valence-corrected chi connectivity index (χ3v) is 1.56. The van der Waals surface area contributed by atoms with Gasteiger partial charge in [-0.15, -0.1) is 0 Å². The molecule has 0 aliphatic carbocycles. The molecule has 0 radical (unpaired) electrons. The van der Waals surface area contributed by atoms with Crippen LogP contribution in [0, 0.1) is 5.53 Å². The van der Waals surface area contributed by atoms with Crippen molar-refractivity contribution in [3.63, 3.8) is 0 Å². The van der Waals surface area contributed by atoms with Crippen LogP contribution in [0.5, 0.6) is 0 Å². The number of hydrogen-bond acceptors (Lipinski definition) is 3. The summed E-state index contributed by atoms with van der Waals surface area (Å²) in [6, 6.07) is 0. The van der Waals surface area contributed by atoms with E-state index in [-0.39, 0.29) is 0 Å². The Hall–Kier alpha value is -1.51. The molecule has 0 saturated heterocycles. The van der Waals surface area contributed by atoms with Gasteiger partial charge in [0, 0.05) is 19.0 Å². The SMILES string of the molecule is C/C=C(\C=N/CC)/C=C(C)\C=C/N=N. The molecule has 3 heteroatoms. The molecule has 0 aromatic heterocycles. The summed E-state index contributed by atoms with van der Waals surface area (Å²) in [5.74, 6) is 0. The molecule has 0 rings (SSSR count). The molecule has 0 spiro atoms. The minimum atomic E-state index is 0.794. The van der Waals surface area contributed by atoms with Crippen LogP contribution in [-0.2, 0) is 0 Å². The number of aliphatic imine (C=N–C) groups is 1. The van der Waals surface area contributed by atoms with Crippen molar-refractivity contribution in [3.05, 3.63) is 35.6 Å². The maximum Gasteiger partial charge on any atom is 0.0491 e. The van der Waals surface area contributed by atoms with Gasteiger partial charge in [-0.3, -0.25) is 4.99 Å². The maximum absolute atomic E-state index is 6.60. The summed E-state index contributed by atoms with van der Waals surface area (Å²) in [7, 11) is 0. The molecule has 0 heterocycles. The Labute approximate surface area is 85.5 Å². The first-order valence-corrected chi connectivity index (χ1v) is 4.62. The van der Waals surface area contributed by atoms with E-state index < -0.39 is 0 Å². The van der Waals surface area contributed by atoms with Gasteiger partial charge in [-0.2, -0.15) is 5.11 Å². The summed E-state index contributed by atoms with van der Waals surface area (Å²) in [6.07, 6.45) is 9.08. The molecule has 0 unspecified atom stereocenters. The topological polar surface area (TPSA) is 48.6 Å². The summed E-state index contributed by atoms with van der Waals surface area (Å²) in [6.45, 7) is 6.73. The van der Waals surface area contributed by atoms with Gasteiger partial charge in [-0.25, -0.2) is 5.53 Å². The maximum atomic E-state index is 6.60. The van der Waals surface area contributed by atoms with Crippen molar-refractivity contribution in [1.82, 2.24) is 0 Å². The minimum absolute atomic E-state index is 0.794. The van der Waals surface area contributed by atoms with Crippen LogP contribution in [0.1, 0.15) is 20.8 Å². The average molecular weight is 191 g/mol. The average Bonchev–Trinajstić information content (AvgIpc) is 2.21. The Morgan fingerprint density at radius 3 is 2.64 bits per heavy atom. The summed E-state index contributed by atoms with van der Waals surface area (Å²) >= 11 is 0. The largest absolute Gasteiger partial charge is 0.293 e. The highest BCUT2D eigenvalue weighted by molar-refractivity contribution is 5.82. The zero-order chi connectivity index (χ0) is 10.8. The van der Waals surface area contributed by atoms with Crippen LogP contribution in [0.15, 0.2) is 45.7 Å². The number of nitrogens with one attached hydrogen (secondary N) is 1. The molecule has 0 amide bonds. The predicted octanol–water partition coefficient (Wildman–Crippen LogP) is 3.51. The van der Waals surface area contributed by atoms with Gasteiger partial charge in [0.15, 0.2) is 0 Å². The van der Waals surface area contributed by atoms with E-state index in [0.717, 1.165) is 17.7 Å². The van der Waals surface area contributed by atoms with E-state index in [9.17, 15) is 0 Å². The summed E-state index contributed by atoms with van der Waals surface area (Å²) in [4.78, 5) is 4.15. The van der Waals surface area contributed by atoms with Crippen molar-refractivity contribution in [3.8, 4) is 0 Å². The Bertz CT molecular complexity index is 283. The molecular weight excluding hydrogens is 174 g/mol. The van der Waals surface area contributed by atoms with Gasteiger partial charge in [-0.05, 0) is 38.0 Å². The van der Waals surface area contributed by atoms with E-state index in [4.69, 9.17) is 5.53 Å². The molecule has 1 N–H and O–H groups in total. The van der Waals surface area contributed by atoms with Crippen LogP contribution >= 0.6 is 0 Å². The molecule has 0 bridgehead atoms. The summed E-state index contributed by atoms with van der Waals surface area (Å²) < 4.78 is 0. The zero-order valence-corrected chi connectivity index (χ0v) is 8.99. The molecule has 14 heavy (non-hydrogen) atoms. The van der Waals surface area contributed by atoms with E-state index in [0.29, 0.717) is 0 Å². The van der Waals surface area contributed by atoms with E-state index in [1.165, 1.54) is 6.20 Å². The molecule has 0 saturated carbocycles. The van der Waals surface area contributed by atoms with Crippen LogP contribution in [-0.4, -0.2) is 12.8 Å². The third kappa shape index (κ3) is 6.06. The first-order valence-electron chi connectivity index (χ1n) is 4.62. The Morgan fingerprint density at radius 1 is 1.43 bits per heavy atom. The molecule has 0 atom stereocenters. The first-order chi connectivity index (χ1) is 6.74. The van der Waals surface area contributed by atoms with Gasteiger partial charge in [0.05, 0.1) is 0 Å². The third-order valence-electron chi connectivity index (χ3n) is 1.56. The van der Waals surface area contributed by atoms with Crippen molar-refractivity contribution in [2.24, 2.45) is 10.1 Å². The predicted molar refractivity (Wildman–Crippen MR) is 60.8 cm³/mol. The van der Waals surface area contributed by atoms with Crippen LogP contribution < -0.4 is 0 Å². The van der Waals surface area contributed by atoms with E-state index in [1.807, 2.05) is 39.1 Å². The Balaban J connectivity index is 4.50. The second kappa shape index (κ2) is 8.10. The van der Waals surface area contributed by atoms with Crippen LogP contribution in [0.3, 0.4) is 0 Å². The molecular formula is C11H17N3. The number of nitrogens with zero attached hydrogens (tertiary/aromatic N) is 2. The lowest BCUT2D eigenvalue weighted by atomic mass is 10.2. The van der Waals surface area contributed by atoms with E-state index in [1.54, 1.807) is 6.08 Å². The number of rotatable bonds is 5. The van der Waals surface area contributed by atoms with Gasteiger partial charge in [-0.1, -0.05) is 12.2 Å². The van der Waals surface area contributed by atoms with Crippen molar-refractivity contribution in [2.75, 3.05) is 6.54 Å². The quantitative estimate of drug-likeness (QED) is 0.393. The highest BCUT2D eigenvalue weighted by atomic mass is 14.9. The summed E-state index contributed by atoms with van der Waals surface area (Å²) in [5.41, 5.74) is 8.73. The first kappa shape index (κ1) is 12.5. The lowest BCUT2D eigenvalue weighted by Crippen LogP contribution is -1.82.